The number of allylic oxidation sites excluding steroid dienone is 1. The van der Waals surface area contributed by atoms with Crippen LogP contribution >= 0.6 is 9.24 Å². The molecule has 0 heterocycles. The molecule has 0 aromatic heterocycles. The molecule has 0 fully saturated rings. The first-order chi connectivity index (χ1) is 11.5. The predicted octanol–water partition coefficient (Wildman–Crippen LogP) is 4.15. The second-order valence-corrected chi connectivity index (χ2v) is 6.27. The van der Waals surface area contributed by atoms with E-state index < -0.39 is 0 Å². The largest absolute Gasteiger partial charge is 0.386 e. The Morgan fingerprint density at radius 3 is 2.00 bits per heavy atom. The molecule has 2 aromatic rings. The molecule has 24 heavy (non-hydrogen) atoms. The lowest BCUT2D eigenvalue weighted by Crippen LogP contribution is -2.13. The van der Waals surface area contributed by atoms with Gasteiger partial charge in [-0.1, -0.05) is 48.5 Å². The van der Waals surface area contributed by atoms with E-state index >= 15 is 0 Å². The minimum Gasteiger partial charge on any atom is -0.386 e. The molecule has 0 aliphatic rings. The number of benzene rings is 2. The number of nitrogens with one attached hydrogen (secondary N) is 2. The third kappa shape index (κ3) is 4.54. The van der Waals surface area contributed by atoms with Crippen molar-refractivity contribution in [3.8, 4) is 6.07 Å². The number of nitriles is 1. The molecule has 2 aromatic carbocycles. The highest BCUT2D eigenvalue weighted by molar-refractivity contribution is 7.31. The average Bonchev–Trinajstić information content (AvgIpc) is 2.58. The Labute approximate surface area is 146 Å². The molecule has 0 saturated heterocycles. The normalized spacial score (nSPS) is 11.4. The molecule has 2 rings (SSSR count). The van der Waals surface area contributed by atoms with Crippen LogP contribution in [-0.2, 0) is 12.8 Å². The van der Waals surface area contributed by atoms with Gasteiger partial charge in [-0.25, -0.2) is 0 Å². The van der Waals surface area contributed by atoms with Crippen LogP contribution in [0.25, 0.3) is 5.31 Å². The minimum absolute atomic E-state index is 0.457. The van der Waals surface area contributed by atoms with Gasteiger partial charge in [0.15, 0.2) is 0 Å². The maximum absolute atomic E-state index is 8.71. The van der Waals surface area contributed by atoms with Crippen molar-refractivity contribution in [2.75, 3.05) is 7.05 Å². The molecule has 3 nitrogen and oxygen atoms in total. The number of hydrogen-bond acceptors (Lipinski definition) is 3. The average molecular weight is 335 g/mol. The van der Waals surface area contributed by atoms with E-state index in [2.05, 4.69) is 57.0 Å². The summed E-state index contributed by atoms with van der Waals surface area (Å²) in [7, 11) is 4.56. The van der Waals surface area contributed by atoms with Crippen molar-refractivity contribution in [2.45, 2.75) is 19.8 Å². The zero-order chi connectivity index (χ0) is 17.5. The van der Waals surface area contributed by atoms with Gasteiger partial charge in [0.2, 0.25) is 0 Å². The topological polar surface area (TPSA) is 59.7 Å². The molecule has 0 saturated carbocycles. The molecule has 0 spiro atoms. The van der Waals surface area contributed by atoms with E-state index in [4.69, 9.17) is 10.7 Å². The molecule has 4 heteroatoms. The second kappa shape index (κ2) is 8.43. The van der Waals surface area contributed by atoms with E-state index in [0.29, 0.717) is 12.1 Å². The number of hydrogen-bond donors (Lipinski definition) is 2. The third-order valence-electron chi connectivity index (χ3n) is 3.87. The molecule has 1 atom stereocenters. The van der Waals surface area contributed by atoms with Crippen LogP contribution in [0.2, 0.25) is 0 Å². The highest BCUT2D eigenvalue weighted by atomic mass is 31.0. The first kappa shape index (κ1) is 17.9. The van der Waals surface area contributed by atoms with Gasteiger partial charge in [-0.2, -0.15) is 5.26 Å². The van der Waals surface area contributed by atoms with Crippen LogP contribution in [-0.4, -0.2) is 12.8 Å². The number of nitrogens with zero attached hydrogens (tertiary/aromatic N) is 1. The summed E-state index contributed by atoms with van der Waals surface area (Å²) in [4.78, 5) is 0. The van der Waals surface area contributed by atoms with Crippen molar-refractivity contribution >= 4 is 20.3 Å². The lowest BCUT2D eigenvalue weighted by atomic mass is 10.0. The Hall–Kier alpha value is -2.43. The quantitative estimate of drug-likeness (QED) is 0.615. The van der Waals surface area contributed by atoms with Crippen molar-refractivity contribution < 1.29 is 0 Å². The summed E-state index contributed by atoms with van der Waals surface area (Å²) in [6, 6.07) is 18.8. The minimum atomic E-state index is 0.457. The summed E-state index contributed by atoms with van der Waals surface area (Å²) in [6.45, 7) is 1.78. The highest BCUT2D eigenvalue weighted by Crippen LogP contribution is 2.25. The van der Waals surface area contributed by atoms with Crippen LogP contribution in [0.15, 0.2) is 54.2 Å². The summed E-state index contributed by atoms with van der Waals surface area (Å²) in [5.41, 5.74) is 5.96. The summed E-state index contributed by atoms with van der Waals surface area (Å²) >= 11 is 0. The van der Waals surface area contributed by atoms with Gasteiger partial charge in [-0.3, -0.25) is 0 Å². The highest BCUT2D eigenvalue weighted by Gasteiger charge is 2.06. The van der Waals surface area contributed by atoms with Crippen molar-refractivity contribution in [2.24, 2.45) is 0 Å². The predicted molar refractivity (Wildman–Crippen MR) is 104 cm³/mol. The van der Waals surface area contributed by atoms with Crippen LogP contribution in [0.1, 0.15) is 29.2 Å². The van der Waals surface area contributed by atoms with Gasteiger partial charge in [-0.15, -0.1) is 9.24 Å². The monoisotopic (exact) mass is 335 g/mol. The Kier molecular flexibility index (Phi) is 6.29. The van der Waals surface area contributed by atoms with Crippen molar-refractivity contribution in [1.82, 2.24) is 5.32 Å². The molecular formula is C20H22N3P. The summed E-state index contributed by atoms with van der Waals surface area (Å²) in [6.07, 6.45) is 1.32. The fraction of sp³-hybridized carbons (Fsp3) is 0.200. The number of rotatable bonds is 6. The van der Waals surface area contributed by atoms with Gasteiger partial charge in [0, 0.05) is 12.4 Å². The van der Waals surface area contributed by atoms with Crippen LogP contribution in [0.3, 0.4) is 0 Å². The van der Waals surface area contributed by atoms with Gasteiger partial charge in [0.25, 0.3) is 0 Å². The molecule has 0 amide bonds. The zero-order valence-electron chi connectivity index (χ0n) is 14.1. The maximum Gasteiger partial charge on any atom is 0.0669 e. The molecule has 0 aliphatic carbocycles. The van der Waals surface area contributed by atoms with Gasteiger partial charge >= 0.3 is 0 Å². The Bertz CT molecular complexity index is 781. The van der Waals surface area contributed by atoms with E-state index in [1.54, 1.807) is 6.92 Å². The van der Waals surface area contributed by atoms with Crippen molar-refractivity contribution in [3.05, 3.63) is 76.5 Å². The van der Waals surface area contributed by atoms with E-state index in [9.17, 15) is 0 Å². The SMILES string of the molecule is CN/C(C(C)=N)=C(/P)c1ccc(Cc2ccc(CC#N)cc2)cc1. The Balaban J connectivity index is 2.15. The maximum atomic E-state index is 8.71. The Morgan fingerprint density at radius 1 is 1.04 bits per heavy atom. The summed E-state index contributed by atoms with van der Waals surface area (Å²) in [5.74, 6) is 0. The van der Waals surface area contributed by atoms with Crippen molar-refractivity contribution in [3.63, 3.8) is 0 Å². The van der Waals surface area contributed by atoms with E-state index in [-0.39, 0.29) is 0 Å². The van der Waals surface area contributed by atoms with Crippen molar-refractivity contribution in [1.29, 1.82) is 10.7 Å². The van der Waals surface area contributed by atoms with Crippen LogP contribution in [0.4, 0.5) is 0 Å². The first-order valence-corrected chi connectivity index (χ1v) is 8.40. The fourth-order valence-corrected chi connectivity index (χ4v) is 3.13. The molecule has 1 unspecified atom stereocenters. The molecule has 122 valence electrons. The van der Waals surface area contributed by atoms with Gasteiger partial charge in [0.05, 0.1) is 23.9 Å². The molecule has 0 bridgehead atoms. The lowest BCUT2D eigenvalue weighted by Gasteiger charge is -2.11. The van der Waals surface area contributed by atoms with Crippen LogP contribution in [0.5, 0.6) is 0 Å². The fourth-order valence-electron chi connectivity index (χ4n) is 2.57. The smallest absolute Gasteiger partial charge is 0.0669 e. The molecular weight excluding hydrogens is 313 g/mol. The molecule has 0 aliphatic heterocycles. The molecule has 0 radical (unpaired) electrons. The van der Waals surface area contributed by atoms with Gasteiger partial charge in [0.1, 0.15) is 0 Å². The van der Waals surface area contributed by atoms with E-state index in [1.807, 2.05) is 19.2 Å². The molecule has 2 N–H and O–H groups in total. The van der Waals surface area contributed by atoms with E-state index in [0.717, 1.165) is 28.6 Å². The van der Waals surface area contributed by atoms with Crippen LogP contribution < -0.4 is 5.32 Å². The van der Waals surface area contributed by atoms with E-state index in [1.165, 1.54) is 11.1 Å². The summed E-state index contributed by atoms with van der Waals surface area (Å²) < 4.78 is 0. The van der Waals surface area contributed by atoms with Gasteiger partial charge in [-0.05, 0) is 35.6 Å². The van der Waals surface area contributed by atoms with Gasteiger partial charge < -0.3 is 10.7 Å². The second-order valence-electron chi connectivity index (χ2n) is 5.69. The standard InChI is InChI=1S/C20H22N3P/c1-14(22)19(23-2)20(24)18-9-7-17(8-10-18)13-16-5-3-15(4-6-16)11-12-21/h3-10,22-23H,11,13,24H2,1-2H3/b20-19+,22-14?. The van der Waals surface area contributed by atoms with Crippen LogP contribution in [0, 0.1) is 16.7 Å². The Morgan fingerprint density at radius 2 is 1.54 bits per heavy atom. The zero-order valence-corrected chi connectivity index (χ0v) is 15.2. The lowest BCUT2D eigenvalue weighted by molar-refractivity contribution is 1.05. The third-order valence-corrected chi connectivity index (χ3v) is 4.50. The summed E-state index contributed by atoms with van der Waals surface area (Å²) in [5, 5.41) is 20.6. The first-order valence-electron chi connectivity index (χ1n) is 7.82.